The second kappa shape index (κ2) is 8.36. The molecule has 0 aromatic heterocycles. The third-order valence-corrected chi connectivity index (χ3v) is 4.39. The zero-order valence-electron chi connectivity index (χ0n) is 14.3. The van der Waals surface area contributed by atoms with Crippen LogP contribution in [-0.4, -0.2) is 36.3 Å². The van der Waals surface area contributed by atoms with Crippen molar-refractivity contribution >= 4 is 17.5 Å². The molecule has 1 heterocycles. The smallest absolute Gasteiger partial charge is 0.343 e. The number of nitrogens with zero attached hydrogens (tertiary/aromatic N) is 2. The number of halogens is 3. The van der Waals surface area contributed by atoms with Crippen molar-refractivity contribution in [3.8, 4) is 0 Å². The van der Waals surface area contributed by atoms with Crippen LogP contribution in [0.15, 0.2) is 24.3 Å². The van der Waals surface area contributed by atoms with E-state index < -0.39 is 17.6 Å². The quantitative estimate of drug-likeness (QED) is 0.822. The Morgan fingerprint density at radius 1 is 1.08 bits per heavy atom. The molecule has 0 bridgehead atoms. The Kier molecular flexibility index (Phi) is 6.45. The van der Waals surface area contributed by atoms with E-state index in [1.54, 1.807) is 4.90 Å². The van der Waals surface area contributed by atoms with Crippen LogP contribution in [0.25, 0.3) is 0 Å². The van der Waals surface area contributed by atoms with Gasteiger partial charge in [0, 0.05) is 33.0 Å². The summed E-state index contributed by atoms with van der Waals surface area (Å²) in [5, 5.41) is 0. The molecule has 2 rings (SSSR count). The average Bonchev–Trinajstić information content (AvgIpc) is 2.83. The maximum atomic E-state index is 13.2. The molecular formula is C18H23F3N2O2. The minimum atomic E-state index is -4.56. The Balaban J connectivity index is 2.12. The Labute approximate surface area is 145 Å². The van der Waals surface area contributed by atoms with E-state index in [4.69, 9.17) is 0 Å². The first-order valence-corrected chi connectivity index (χ1v) is 8.53. The van der Waals surface area contributed by atoms with Crippen molar-refractivity contribution in [3.05, 3.63) is 29.8 Å². The van der Waals surface area contributed by atoms with Crippen LogP contribution in [0, 0.1) is 0 Å². The average molecular weight is 356 g/mol. The standard InChI is InChI=1S/C18H23F3N2O2/c1-14(24)23(16-9-5-4-8-15(16)18(19,20)21)13-10-17(25)22-11-6-2-3-7-12-22/h4-5,8-9H,2-3,6-7,10-13H2,1H3. The molecule has 0 radical (unpaired) electrons. The van der Waals surface area contributed by atoms with Gasteiger partial charge in [0.05, 0.1) is 11.3 Å². The van der Waals surface area contributed by atoms with Gasteiger partial charge >= 0.3 is 6.18 Å². The minimum absolute atomic E-state index is 0.0196. The van der Waals surface area contributed by atoms with Crippen molar-refractivity contribution in [1.29, 1.82) is 0 Å². The molecule has 138 valence electrons. The van der Waals surface area contributed by atoms with Crippen LogP contribution in [0.3, 0.4) is 0 Å². The maximum absolute atomic E-state index is 13.2. The summed E-state index contributed by atoms with van der Waals surface area (Å²) in [6, 6.07) is 4.95. The summed E-state index contributed by atoms with van der Waals surface area (Å²) in [5.41, 5.74) is -1.07. The van der Waals surface area contributed by atoms with E-state index in [0.717, 1.165) is 36.6 Å². The molecule has 1 saturated heterocycles. The summed E-state index contributed by atoms with van der Waals surface area (Å²) in [6.45, 7) is 2.51. The van der Waals surface area contributed by atoms with Gasteiger partial charge in [-0.05, 0) is 25.0 Å². The molecule has 0 spiro atoms. The number of benzene rings is 1. The lowest BCUT2D eigenvalue weighted by Crippen LogP contribution is -2.37. The van der Waals surface area contributed by atoms with Crippen molar-refractivity contribution < 1.29 is 22.8 Å². The molecule has 0 N–H and O–H groups in total. The molecule has 0 unspecified atom stereocenters. The summed E-state index contributed by atoms with van der Waals surface area (Å²) < 4.78 is 39.6. The summed E-state index contributed by atoms with van der Waals surface area (Å²) in [7, 11) is 0. The van der Waals surface area contributed by atoms with E-state index in [9.17, 15) is 22.8 Å². The van der Waals surface area contributed by atoms with Gasteiger partial charge in [0.25, 0.3) is 0 Å². The number of alkyl halides is 3. The number of para-hydroxylation sites is 1. The van der Waals surface area contributed by atoms with Crippen LogP contribution in [0.1, 0.15) is 44.6 Å². The summed E-state index contributed by atoms with van der Waals surface area (Å²) in [4.78, 5) is 27.0. The molecular weight excluding hydrogens is 333 g/mol. The molecule has 0 aliphatic carbocycles. The fourth-order valence-electron chi connectivity index (χ4n) is 3.08. The number of hydrogen-bond acceptors (Lipinski definition) is 2. The highest BCUT2D eigenvalue weighted by molar-refractivity contribution is 5.93. The number of rotatable bonds is 4. The molecule has 1 aromatic carbocycles. The number of anilines is 1. The molecule has 1 aliphatic heterocycles. The molecule has 0 saturated carbocycles. The lowest BCUT2D eigenvalue weighted by Gasteiger charge is -2.26. The second-order valence-electron chi connectivity index (χ2n) is 6.23. The zero-order chi connectivity index (χ0) is 18.4. The van der Waals surface area contributed by atoms with Crippen molar-refractivity contribution in [3.63, 3.8) is 0 Å². The first-order chi connectivity index (χ1) is 11.8. The number of amides is 2. The molecule has 1 aromatic rings. The van der Waals surface area contributed by atoms with Gasteiger partial charge in [-0.25, -0.2) is 0 Å². The highest BCUT2D eigenvalue weighted by atomic mass is 19.4. The van der Waals surface area contributed by atoms with Crippen LogP contribution in [0.4, 0.5) is 18.9 Å². The number of hydrogen-bond donors (Lipinski definition) is 0. The van der Waals surface area contributed by atoms with Gasteiger partial charge in [0.1, 0.15) is 0 Å². The van der Waals surface area contributed by atoms with Crippen LogP contribution in [-0.2, 0) is 15.8 Å². The fraction of sp³-hybridized carbons (Fsp3) is 0.556. The first kappa shape index (κ1) is 19.3. The number of carbonyl (C=O) groups is 2. The van der Waals surface area contributed by atoms with Gasteiger partial charge in [-0.1, -0.05) is 25.0 Å². The van der Waals surface area contributed by atoms with Crippen LogP contribution >= 0.6 is 0 Å². The van der Waals surface area contributed by atoms with Crippen LogP contribution in [0.5, 0.6) is 0 Å². The van der Waals surface area contributed by atoms with E-state index in [1.807, 2.05) is 0 Å². The number of likely N-dealkylation sites (tertiary alicyclic amines) is 1. The molecule has 0 atom stereocenters. The van der Waals surface area contributed by atoms with Gasteiger partial charge in [-0.3, -0.25) is 9.59 Å². The Bertz CT molecular complexity index is 609. The first-order valence-electron chi connectivity index (χ1n) is 8.53. The minimum Gasteiger partial charge on any atom is -0.343 e. The van der Waals surface area contributed by atoms with E-state index in [1.165, 1.54) is 25.1 Å². The maximum Gasteiger partial charge on any atom is 0.418 e. The lowest BCUT2D eigenvalue weighted by molar-refractivity contribution is -0.137. The molecule has 1 fully saturated rings. The summed E-state index contributed by atoms with van der Waals surface area (Å²) >= 11 is 0. The van der Waals surface area contributed by atoms with Crippen molar-refractivity contribution in [2.45, 2.75) is 45.2 Å². The Morgan fingerprint density at radius 3 is 2.24 bits per heavy atom. The van der Waals surface area contributed by atoms with Gasteiger partial charge in [-0.15, -0.1) is 0 Å². The van der Waals surface area contributed by atoms with Crippen LogP contribution < -0.4 is 4.90 Å². The Morgan fingerprint density at radius 2 is 1.68 bits per heavy atom. The van der Waals surface area contributed by atoms with E-state index in [2.05, 4.69) is 0 Å². The Hall–Kier alpha value is -2.05. The van der Waals surface area contributed by atoms with Gasteiger partial charge in [0.15, 0.2) is 0 Å². The largest absolute Gasteiger partial charge is 0.418 e. The molecule has 2 amide bonds. The fourth-order valence-corrected chi connectivity index (χ4v) is 3.08. The SMILES string of the molecule is CC(=O)N(CCC(=O)N1CCCCCC1)c1ccccc1C(F)(F)F. The molecule has 4 nitrogen and oxygen atoms in total. The van der Waals surface area contributed by atoms with E-state index >= 15 is 0 Å². The summed E-state index contributed by atoms with van der Waals surface area (Å²) in [6.07, 6.45) is -0.479. The van der Waals surface area contributed by atoms with Crippen LogP contribution in [0.2, 0.25) is 0 Å². The molecule has 7 heteroatoms. The highest BCUT2D eigenvalue weighted by Gasteiger charge is 2.35. The number of carbonyl (C=O) groups excluding carboxylic acids is 2. The lowest BCUT2D eigenvalue weighted by atomic mass is 10.1. The molecule has 25 heavy (non-hydrogen) atoms. The zero-order valence-corrected chi connectivity index (χ0v) is 14.3. The van der Waals surface area contributed by atoms with Crippen molar-refractivity contribution in [2.75, 3.05) is 24.5 Å². The van der Waals surface area contributed by atoms with Gasteiger partial charge < -0.3 is 9.80 Å². The van der Waals surface area contributed by atoms with Crippen molar-refractivity contribution in [2.24, 2.45) is 0 Å². The van der Waals surface area contributed by atoms with Gasteiger partial charge in [-0.2, -0.15) is 13.2 Å². The third kappa shape index (κ3) is 5.21. The summed E-state index contributed by atoms with van der Waals surface area (Å²) in [5.74, 6) is -0.627. The van der Waals surface area contributed by atoms with Gasteiger partial charge in [0.2, 0.25) is 11.8 Å². The molecule has 1 aliphatic rings. The second-order valence-corrected chi connectivity index (χ2v) is 6.23. The third-order valence-electron chi connectivity index (χ3n) is 4.39. The van der Waals surface area contributed by atoms with E-state index in [-0.39, 0.29) is 24.6 Å². The highest BCUT2D eigenvalue weighted by Crippen LogP contribution is 2.36. The monoisotopic (exact) mass is 356 g/mol. The van der Waals surface area contributed by atoms with Crippen molar-refractivity contribution in [1.82, 2.24) is 4.90 Å². The van der Waals surface area contributed by atoms with E-state index in [0.29, 0.717) is 13.1 Å². The predicted molar refractivity (Wildman–Crippen MR) is 89.1 cm³/mol. The predicted octanol–water partition coefficient (Wildman–Crippen LogP) is 3.85. The normalized spacial score (nSPS) is 15.6. The topological polar surface area (TPSA) is 40.6 Å².